The number of hydrogen-bond donors (Lipinski definition) is 2. The minimum atomic E-state index is -0.635. The van der Waals surface area contributed by atoms with Crippen molar-refractivity contribution >= 4 is 23.6 Å². The Morgan fingerprint density at radius 1 is 1.26 bits per heavy atom. The zero-order valence-corrected chi connectivity index (χ0v) is 14.4. The maximum absolute atomic E-state index is 12.6. The van der Waals surface area contributed by atoms with Gasteiger partial charge >= 0.3 is 0 Å². The minimum absolute atomic E-state index is 0.217. The normalized spacial score (nSPS) is 19.0. The van der Waals surface area contributed by atoms with Gasteiger partial charge in [0, 0.05) is 25.1 Å². The molecule has 0 saturated carbocycles. The molecule has 0 spiro atoms. The maximum Gasteiger partial charge on any atom is 0.287 e. The van der Waals surface area contributed by atoms with Gasteiger partial charge in [0.05, 0.1) is 6.26 Å². The molecule has 8 heteroatoms. The van der Waals surface area contributed by atoms with Crippen LogP contribution in [-0.2, 0) is 22.7 Å². The molecule has 0 bridgehead atoms. The standard InChI is InChI=1S/C19H17N3O5/c23-16-6-5-14(17(24)21-16)22-10-12-8-11(3-4-13(12)19(22)26)9-20-18(25)15-2-1-7-27-15/h1-4,7-8,14H,5-6,9-10H2,(H,20,25)(H,21,23,24). The average Bonchev–Trinajstić information content (AvgIpc) is 3.29. The highest BCUT2D eigenvalue weighted by Gasteiger charge is 2.39. The van der Waals surface area contributed by atoms with E-state index in [1.165, 1.54) is 11.2 Å². The molecule has 4 amide bonds. The maximum atomic E-state index is 12.6. The van der Waals surface area contributed by atoms with E-state index >= 15 is 0 Å². The molecule has 2 aliphatic heterocycles. The van der Waals surface area contributed by atoms with E-state index in [1.807, 2.05) is 6.07 Å². The summed E-state index contributed by atoms with van der Waals surface area (Å²) in [6, 6.07) is 7.91. The van der Waals surface area contributed by atoms with Crippen LogP contribution < -0.4 is 10.6 Å². The summed E-state index contributed by atoms with van der Waals surface area (Å²) in [7, 11) is 0. The molecule has 1 saturated heterocycles. The molecule has 27 heavy (non-hydrogen) atoms. The number of nitrogens with one attached hydrogen (secondary N) is 2. The van der Waals surface area contributed by atoms with Crippen LogP contribution in [0.5, 0.6) is 0 Å². The summed E-state index contributed by atoms with van der Waals surface area (Å²) in [5.41, 5.74) is 2.18. The van der Waals surface area contributed by atoms with E-state index < -0.39 is 11.9 Å². The summed E-state index contributed by atoms with van der Waals surface area (Å²) < 4.78 is 5.05. The lowest BCUT2D eigenvalue weighted by atomic mass is 10.0. The zero-order valence-electron chi connectivity index (χ0n) is 14.4. The van der Waals surface area contributed by atoms with Crippen molar-refractivity contribution in [2.24, 2.45) is 0 Å². The zero-order chi connectivity index (χ0) is 19.0. The third-order valence-corrected chi connectivity index (χ3v) is 4.79. The number of rotatable bonds is 4. The van der Waals surface area contributed by atoms with Crippen LogP contribution in [0.2, 0.25) is 0 Å². The first-order valence-electron chi connectivity index (χ1n) is 8.61. The van der Waals surface area contributed by atoms with Gasteiger partial charge in [-0.3, -0.25) is 24.5 Å². The van der Waals surface area contributed by atoms with Crippen molar-refractivity contribution in [3.8, 4) is 0 Å². The van der Waals surface area contributed by atoms with E-state index in [1.54, 1.807) is 24.3 Å². The third kappa shape index (κ3) is 3.21. The fourth-order valence-corrected chi connectivity index (χ4v) is 3.41. The molecule has 1 aromatic carbocycles. The predicted octanol–water partition coefficient (Wildman–Crippen LogP) is 0.971. The highest BCUT2D eigenvalue weighted by molar-refractivity contribution is 6.05. The second kappa shape index (κ2) is 6.71. The Morgan fingerprint density at radius 3 is 2.85 bits per heavy atom. The lowest BCUT2D eigenvalue weighted by Crippen LogP contribution is -2.52. The van der Waals surface area contributed by atoms with Crippen molar-refractivity contribution < 1.29 is 23.6 Å². The predicted molar refractivity (Wildman–Crippen MR) is 92.4 cm³/mol. The van der Waals surface area contributed by atoms with Gasteiger partial charge in [-0.2, -0.15) is 0 Å². The molecule has 4 rings (SSSR count). The van der Waals surface area contributed by atoms with Crippen molar-refractivity contribution in [2.75, 3.05) is 0 Å². The molecule has 3 heterocycles. The van der Waals surface area contributed by atoms with E-state index in [0.717, 1.165) is 11.1 Å². The Labute approximate surface area is 154 Å². The summed E-state index contributed by atoms with van der Waals surface area (Å²) in [6.07, 6.45) is 1.98. The Bertz CT molecular complexity index is 935. The first-order valence-corrected chi connectivity index (χ1v) is 8.61. The monoisotopic (exact) mass is 367 g/mol. The molecule has 2 N–H and O–H groups in total. The largest absolute Gasteiger partial charge is 0.459 e. The Morgan fingerprint density at radius 2 is 2.11 bits per heavy atom. The highest BCUT2D eigenvalue weighted by Crippen LogP contribution is 2.28. The Hall–Kier alpha value is -3.42. The van der Waals surface area contributed by atoms with E-state index in [4.69, 9.17) is 4.42 Å². The number of carbonyl (C=O) groups is 4. The summed E-state index contributed by atoms with van der Waals surface area (Å²) in [5, 5.41) is 5.04. The van der Waals surface area contributed by atoms with Crippen LogP contribution in [0.3, 0.4) is 0 Å². The van der Waals surface area contributed by atoms with Gasteiger partial charge in [0.15, 0.2) is 5.76 Å². The lowest BCUT2D eigenvalue weighted by molar-refractivity contribution is -0.136. The molecule has 1 fully saturated rings. The van der Waals surface area contributed by atoms with Crippen LogP contribution in [0.1, 0.15) is 44.9 Å². The third-order valence-electron chi connectivity index (χ3n) is 4.79. The Balaban J connectivity index is 1.45. The van der Waals surface area contributed by atoms with Gasteiger partial charge in [-0.1, -0.05) is 12.1 Å². The van der Waals surface area contributed by atoms with Crippen LogP contribution in [-0.4, -0.2) is 34.6 Å². The van der Waals surface area contributed by atoms with Gasteiger partial charge in [0.25, 0.3) is 11.8 Å². The van der Waals surface area contributed by atoms with Crippen LogP contribution in [0.25, 0.3) is 0 Å². The van der Waals surface area contributed by atoms with Crippen LogP contribution in [0.15, 0.2) is 41.0 Å². The van der Waals surface area contributed by atoms with Gasteiger partial charge in [-0.15, -0.1) is 0 Å². The van der Waals surface area contributed by atoms with Gasteiger partial charge in [0.2, 0.25) is 11.8 Å². The summed E-state index contributed by atoms with van der Waals surface area (Å²) in [5.74, 6) is -1.05. The van der Waals surface area contributed by atoms with E-state index in [2.05, 4.69) is 10.6 Å². The van der Waals surface area contributed by atoms with E-state index in [-0.39, 0.29) is 29.9 Å². The number of furan rings is 1. The summed E-state index contributed by atoms with van der Waals surface area (Å²) in [4.78, 5) is 49.5. The summed E-state index contributed by atoms with van der Waals surface area (Å²) >= 11 is 0. The van der Waals surface area contributed by atoms with Gasteiger partial charge < -0.3 is 14.6 Å². The number of carbonyl (C=O) groups excluding carboxylic acids is 4. The smallest absolute Gasteiger partial charge is 0.287 e. The quantitative estimate of drug-likeness (QED) is 0.783. The second-order valence-corrected chi connectivity index (χ2v) is 6.55. The molecule has 2 aromatic rings. The highest BCUT2D eigenvalue weighted by atomic mass is 16.3. The first kappa shape index (κ1) is 17.0. The molecular formula is C19H17N3O5. The fraction of sp³-hybridized carbons (Fsp3) is 0.263. The molecule has 1 unspecified atom stereocenters. The van der Waals surface area contributed by atoms with E-state index in [0.29, 0.717) is 25.1 Å². The number of benzene rings is 1. The molecular weight excluding hydrogens is 350 g/mol. The van der Waals surface area contributed by atoms with Crippen LogP contribution in [0.4, 0.5) is 0 Å². The molecule has 2 aliphatic rings. The molecule has 8 nitrogen and oxygen atoms in total. The number of nitrogens with zero attached hydrogens (tertiary/aromatic N) is 1. The van der Waals surface area contributed by atoms with Gasteiger partial charge in [0.1, 0.15) is 6.04 Å². The number of piperidine rings is 1. The van der Waals surface area contributed by atoms with Crippen molar-refractivity contribution in [2.45, 2.75) is 32.0 Å². The SMILES string of the molecule is O=C1CCC(N2Cc3cc(CNC(=O)c4ccco4)ccc3C2=O)C(=O)N1. The topological polar surface area (TPSA) is 109 Å². The molecule has 138 valence electrons. The van der Waals surface area contributed by atoms with Crippen LogP contribution in [0, 0.1) is 0 Å². The van der Waals surface area contributed by atoms with Crippen molar-refractivity contribution in [1.29, 1.82) is 0 Å². The number of imide groups is 1. The van der Waals surface area contributed by atoms with Gasteiger partial charge in [-0.05, 0) is 35.7 Å². The molecule has 1 aromatic heterocycles. The van der Waals surface area contributed by atoms with Gasteiger partial charge in [-0.25, -0.2) is 0 Å². The Kier molecular flexibility index (Phi) is 4.23. The molecule has 0 radical (unpaired) electrons. The first-order chi connectivity index (χ1) is 13.0. The fourth-order valence-electron chi connectivity index (χ4n) is 3.41. The molecule has 0 aliphatic carbocycles. The number of amides is 4. The van der Waals surface area contributed by atoms with Crippen LogP contribution >= 0.6 is 0 Å². The van der Waals surface area contributed by atoms with Crippen molar-refractivity contribution in [1.82, 2.24) is 15.5 Å². The van der Waals surface area contributed by atoms with Crippen molar-refractivity contribution in [3.63, 3.8) is 0 Å². The average molecular weight is 367 g/mol. The van der Waals surface area contributed by atoms with Crippen molar-refractivity contribution in [3.05, 3.63) is 59.0 Å². The molecule has 1 atom stereocenters. The van der Waals surface area contributed by atoms with E-state index in [9.17, 15) is 19.2 Å². The lowest BCUT2D eigenvalue weighted by Gasteiger charge is -2.29. The second-order valence-electron chi connectivity index (χ2n) is 6.55. The minimum Gasteiger partial charge on any atom is -0.459 e. The number of hydrogen-bond acceptors (Lipinski definition) is 5. The summed E-state index contributed by atoms with van der Waals surface area (Å²) in [6.45, 7) is 0.597. The number of fused-ring (bicyclic) bond motifs is 1.